The molecular formula is C14H20N4OS. The molecule has 0 aliphatic carbocycles. The minimum atomic E-state index is -0.0552. The molecule has 0 saturated carbocycles. The van der Waals surface area contributed by atoms with E-state index in [1.807, 2.05) is 12.4 Å². The maximum absolute atomic E-state index is 12.0. The summed E-state index contributed by atoms with van der Waals surface area (Å²) in [4.78, 5) is 14.0. The molecule has 0 spiro atoms. The average molecular weight is 292 g/mol. The molecule has 2 N–H and O–H groups in total. The molecular weight excluding hydrogens is 272 g/mol. The van der Waals surface area contributed by atoms with Gasteiger partial charge in [-0.1, -0.05) is 0 Å². The van der Waals surface area contributed by atoms with Gasteiger partial charge in [0.1, 0.15) is 11.1 Å². The Labute approximate surface area is 123 Å². The third kappa shape index (κ3) is 4.30. The number of nitriles is 1. The summed E-state index contributed by atoms with van der Waals surface area (Å²) in [6.07, 6.45) is 2.35. The number of amides is 1. The van der Waals surface area contributed by atoms with Crippen molar-refractivity contribution in [2.45, 2.75) is 12.8 Å². The molecule has 1 aromatic heterocycles. The van der Waals surface area contributed by atoms with Gasteiger partial charge in [-0.2, -0.15) is 5.26 Å². The van der Waals surface area contributed by atoms with Crippen LogP contribution in [0.5, 0.6) is 0 Å². The number of likely N-dealkylation sites (N-methyl/N-ethyl adjacent to an activating group) is 1. The SMILES string of the molecule is CN(CC(=O)Nc1sccc1C#N)CC1CCNCC1. The van der Waals surface area contributed by atoms with E-state index in [1.165, 1.54) is 24.2 Å². The smallest absolute Gasteiger partial charge is 0.239 e. The third-order valence-electron chi connectivity index (χ3n) is 3.48. The predicted molar refractivity (Wildman–Crippen MR) is 80.8 cm³/mol. The van der Waals surface area contributed by atoms with E-state index in [-0.39, 0.29) is 5.91 Å². The standard InChI is InChI=1S/C14H20N4OS/c1-18(9-11-2-5-16-6-3-11)10-13(19)17-14-12(8-15)4-7-20-14/h4,7,11,16H,2-3,5-6,9-10H2,1H3,(H,17,19). The first-order valence-corrected chi connectivity index (χ1v) is 7.73. The molecule has 0 radical (unpaired) electrons. The third-order valence-corrected chi connectivity index (χ3v) is 4.31. The fraction of sp³-hybridized carbons (Fsp3) is 0.571. The Morgan fingerprint density at radius 2 is 2.35 bits per heavy atom. The van der Waals surface area contributed by atoms with E-state index in [4.69, 9.17) is 5.26 Å². The van der Waals surface area contributed by atoms with Gasteiger partial charge in [0, 0.05) is 6.54 Å². The van der Waals surface area contributed by atoms with E-state index in [1.54, 1.807) is 6.07 Å². The number of piperidine rings is 1. The number of anilines is 1. The number of carbonyl (C=O) groups excluding carboxylic acids is 1. The van der Waals surface area contributed by atoms with E-state index in [0.29, 0.717) is 23.0 Å². The van der Waals surface area contributed by atoms with Gasteiger partial charge in [0.15, 0.2) is 0 Å². The molecule has 1 aliphatic heterocycles. The molecule has 0 unspecified atom stereocenters. The van der Waals surface area contributed by atoms with E-state index in [0.717, 1.165) is 19.6 Å². The Balaban J connectivity index is 1.77. The Morgan fingerprint density at radius 3 is 3.05 bits per heavy atom. The molecule has 6 heteroatoms. The quantitative estimate of drug-likeness (QED) is 0.863. The molecule has 20 heavy (non-hydrogen) atoms. The van der Waals surface area contributed by atoms with Gasteiger partial charge in [-0.15, -0.1) is 11.3 Å². The van der Waals surface area contributed by atoms with Crippen molar-refractivity contribution in [1.29, 1.82) is 5.26 Å². The van der Waals surface area contributed by atoms with Crippen LogP contribution >= 0.6 is 11.3 Å². The van der Waals surface area contributed by atoms with Crippen molar-refractivity contribution >= 4 is 22.2 Å². The highest BCUT2D eigenvalue weighted by Crippen LogP contribution is 2.22. The Kier molecular flexibility index (Phi) is 5.53. The summed E-state index contributed by atoms with van der Waals surface area (Å²) in [6.45, 7) is 3.47. The zero-order chi connectivity index (χ0) is 14.4. The van der Waals surface area contributed by atoms with Gasteiger partial charge in [-0.05, 0) is 50.3 Å². The summed E-state index contributed by atoms with van der Waals surface area (Å²) in [6, 6.07) is 3.80. The molecule has 2 heterocycles. The Bertz CT molecular complexity index is 488. The summed E-state index contributed by atoms with van der Waals surface area (Å²) < 4.78 is 0. The Hall–Kier alpha value is -1.42. The number of nitrogens with zero attached hydrogens (tertiary/aromatic N) is 2. The van der Waals surface area contributed by atoms with Crippen LogP contribution in [0.25, 0.3) is 0 Å². The first-order valence-electron chi connectivity index (χ1n) is 6.85. The van der Waals surface area contributed by atoms with E-state index in [9.17, 15) is 4.79 Å². The number of nitrogens with one attached hydrogen (secondary N) is 2. The Morgan fingerprint density at radius 1 is 1.60 bits per heavy atom. The van der Waals surface area contributed by atoms with Gasteiger partial charge in [-0.3, -0.25) is 9.69 Å². The molecule has 1 amide bonds. The molecule has 0 aromatic carbocycles. The second-order valence-corrected chi connectivity index (χ2v) is 6.13. The van der Waals surface area contributed by atoms with E-state index in [2.05, 4.69) is 21.6 Å². The first kappa shape index (κ1) is 15.0. The van der Waals surface area contributed by atoms with Crippen LogP contribution in [0.1, 0.15) is 18.4 Å². The average Bonchev–Trinajstić information content (AvgIpc) is 2.86. The van der Waals surface area contributed by atoms with Gasteiger partial charge in [0.25, 0.3) is 0 Å². The highest BCUT2D eigenvalue weighted by molar-refractivity contribution is 7.14. The van der Waals surface area contributed by atoms with Gasteiger partial charge in [0.2, 0.25) is 5.91 Å². The van der Waals surface area contributed by atoms with Crippen molar-refractivity contribution in [2.75, 3.05) is 38.5 Å². The fourth-order valence-corrected chi connectivity index (χ4v) is 3.23. The van der Waals surface area contributed by atoms with E-state index < -0.39 is 0 Å². The van der Waals surface area contributed by atoms with Crippen molar-refractivity contribution in [1.82, 2.24) is 10.2 Å². The van der Waals surface area contributed by atoms with Crippen LogP contribution in [0.15, 0.2) is 11.4 Å². The van der Waals surface area contributed by atoms with Crippen molar-refractivity contribution in [2.24, 2.45) is 5.92 Å². The maximum Gasteiger partial charge on any atom is 0.239 e. The normalized spacial score (nSPS) is 16.1. The number of carbonyl (C=O) groups is 1. The number of rotatable bonds is 5. The highest BCUT2D eigenvalue weighted by atomic mass is 32.1. The van der Waals surface area contributed by atoms with Crippen molar-refractivity contribution in [3.05, 3.63) is 17.0 Å². The van der Waals surface area contributed by atoms with Gasteiger partial charge in [0.05, 0.1) is 12.1 Å². The van der Waals surface area contributed by atoms with Crippen LogP contribution < -0.4 is 10.6 Å². The van der Waals surface area contributed by atoms with Crippen molar-refractivity contribution in [3.63, 3.8) is 0 Å². The van der Waals surface area contributed by atoms with Crippen LogP contribution in [0, 0.1) is 17.2 Å². The number of thiophene rings is 1. The lowest BCUT2D eigenvalue weighted by molar-refractivity contribution is -0.117. The molecule has 1 saturated heterocycles. The molecule has 1 aliphatic rings. The summed E-state index contributed by atoms with van der Waals surface area (Å²) in [5.74, 6) is 0.617. The maximum atomic E-state index is 12.0. The van der Waals surface area contributed by atoms with Crippen molar-refractivity contribution < 1.29 is 4.79 Å². The van der Waals surface area contributed by atoms with Crippen molar-refractivity contribution in [3.8, 4) is 6.07 Å². The van der Waals surface area contributed by atoms with Crippen LogP contribution in [-0.2, 0) is 4.79 Å². The molecule has 1 aromatic rings. The number of hydrogen-bond donors (Lipinski definition) is 2. The predicted octanol–water partition coefficient (Wildman–Crippen LogP) is 1.49. The van der Waals surface area contributed by atoms with Crippen LogP contribution in [-0.4, -0.2) is 44.0 Å². The van der Waals surface area contributed by atoms with Crippen LogP contribution in [0.2, 0.25) is 0 Å². The summed E-state index contributed by atoms with van der Waals surface area (Å²) in [5.41, 5.74) is 0.532. The lowest BCUT2D eigenvalue weighted by Crippen LogP contribution is -2.37. The zero-order valence-corrected chi connectivity index (χ0v) is 12.5. The molecule has 108 valence electrons. The monoisotopic (exact) mass is 292 g/mol. The first-order chi connectivity index (χ1) is 9.69. The van der Waals surface area contributed by atoms with Crippen LogP contribution in [0.4, 0.5) is 5.00 Å². The summed E-state index contributed by atoms with van der Waals surface area (Å²) >= 11 is 1.38. The van der Waals surface area contributed by atoms with Gasteiger partial charge >= 0.3 is 0 Å². The minimum absolute atomic E-state index is 0.0552. The summed E-state index contributed by atoms with van der Waals surface area (Å²) in [7, 11) is 1.97. The molecule has 0 bridgehead atoms. The highest BCUT2D eigenvalue weighted by Gasteiger charge is 2.17. The molecule has 5 nitrogen and oxygen atoms in total. The van der Waals surface area contributed by atoms with E-state index >= 15 is 0 Å². The molecule has 1 fully saturated rings. The lowest BCUT2D eigenvalue weighted by Gasteiger charge is -2.27. The number of hydrogen-bond acceptors (Lipinski definition) is 5. The minimum Gasteiger partial charge on any atom is -0.317 e. The fourth-order valence-electron chi connectivity index (χ4n) is 2.48. The second-order valence-electron chi connectivity index (χ2n) is 5.21. The second kappa shape index (κ2) is 7.39. The lowest BCUT2D eigenvalue weighted by atomic mass is 9.98. The molecule has 2 rings (SSSR count). The zero-order valence-electron chi connectivity index (χ0n) is 11.7. The van der Waals surface area contributed by atoms with Gasteiger partial charge < -0.3 is 10.6 Å². The van der Waals surface area contributed by atoms with Crippen LogP contribution in [0.3, 0.4) is 0 Å². The molecule has 0 atom stereocenters. The topological polar surface area (TPSA) is 68.2 Å². The largest absolute Gasteiger partial charge is 0.317 e. The summed E-state index contributed by atoms with van der Waals surface area (Å²) in [5, 5.41) is 17.5. The van der Waals surface area contributed by atoms with Gasteiger partial charge in [-0.25, -0.2) is 0 Å².